The minimum atomic E-state index is -4.08. The maximum Gasteiger partial charge on any atom is 0.303 e. The van der Waals surface area contributed by atoms with E-state index in [0.29, 0.717) is 36.0 Å². The van der Waals surface area contributed by atoms with Crippen LogP contribution in [0.15, 0.2) is 48.5 Å². The number of hydrogen-bond donors (Lipinski definition) is 1. The third kappa shape index (κ3) is 7.76. The summed E-state index contributed by atoms with van der Waals surface area (Å²) >= 11 is 0. The van der Waals surface area contributed by atoms with E-state index in [0.717, 1.165) is 4.31 Å². The lowest BCUT2D eigenvalue weighted by Gasteiger charge is -2.22. The largest absolute Gasteiger partial charge is 0.497 e. The smallest absolute Gasteiger partial charge is 0.303 e. The molecule has 3 rings (SSSR count). The third-order valence-corrected chi connectivity index (χ3v) is 6.77. The number of hydrogen-bond acceptors (Lipinski definition) is 8. The van der Waals surface area contributed by atoms with Crippen LogP contribution in [0.3, 0.4) is 0 Å². The molecule has 0 aliphatic carbocycles. The van der Waals surface area contributed by atoms with Gasteiger partial charge in [0.25, 0.3) is 11.8 Å². The van der Waals surface area contributed by atoms with Gasteiger partial charge in [-0.25, -0.2) is 4.72 Å². The number of nitrogens with one attached hydrogen (secondary N) is 1. The van der Waals surface area contributed by atoms with Crippen LogP contribution in [0.2, 0.25) is 0 Å². The van der Waals surface area contributed by atoms with Crippen molar-refractivity contribution in [2.75, 3.05) is 53.6 Å². The molecule has 0 unspecified atom stereocenters. The highest BCUT2D eigenvalue weighted by atomic mass is 32.2. The molecule has 35 heavy (non-hydrogen) atoms. The van der Waals surface area contributed by atoms with Crippen molar-refractivity contribution in [2.24, 2.45) is 0 Å². The van der Waals surface area contributed by atoms with Gasteiger partial charge in [0, 0.05) is 26.2 Å². The normalized spacial score (nSPS) is 14.5. The molecular weight excluding hydrogens is 478 g/mol. The summed E-state index contributed by atoms with van der Waals surface area (Å²) in [6, 6.07) is 13.4. The van der Waals surface area contributed by atoms with Crippen molar-refractivity contribution in [1.29, 1.82) is 0 Å². The fourth-order valence-electron chi connectivity index (χ4n) is 3.35. The van der Waals surface area contributed by atoms with Crippen LogP contribution >= 0.6 is 0 Å². The molecule has 12 heteroatoms. The van der Waals surface area contributed by atoms with Crippen molar-refractivity contribution in [3.63, 3.8) is 0 Å². The molecule has 1 fully saturated rings. The van der Waals surface area contributed by atoms with Gasteiger partial charge in [0.05, 0.1) is 14.2 Å². The van der Waals surface area contributed by atoms with E-state index in [9.17, 15) is 18.0 Å². The van der Waals surface area contributed by atoms with Crippen molar-refractivity contribution in [2.45, 2.75) is 6.42 Å². The first-order chi connectivity index (χ1) is 16.8. The lowest BCUT2D eigenvalue weighted by molar-refractivity contribution is -0.133. The number of ether oxygens (including phenoxy) is 4. The van der Waals surface area contributed by atoms with Crippen molar-refractivity contribution >= 4 is 22.0 Å². The Bertz CT molecular complexity index is 1090. The first-order valence-corrected chi connectivity index (χ1v) is 12.4. The van der Waals surface area contributed by atoms with E-state index >= 15 is 0 Å². The van der Waals surface area contributed by atoms with Crippen LogP contribution in [0.5, 0.6) is 23.0 Å². The third-order valence-electron chi connectivity index (χ3n) is 5.24. The first kappa shape index (κ1) is 26.1. The quantitative estimate of drug-likeness (QED) is 0.506. The molecule has 1 heterocycles. The van der Waals surface area contributed by atoms with E-state index in [-0.39, 0.29) is 32.1 Å². The van der Waals surface area contributed by atoms with E-state index in [1.165, 1.54) is 7.11 Å². The fraction of sp³-hybridized carbons (Fsp3) is 0.391. The van der Waals surface area contributed by atoms with Gasteiger partial charge in [-0.05, 0) is 55.0 Å². The van der Waals surface area contributed by atoms with E-state index in [1.807, 2.05) is 4.72 Å². The summed E-state index contributed by atoms with van der Waals surface area (Å²) in [7, 11) is -0.990. The molecule has 1 N–H and O–H groups in total. The van der Waals surface area contributed by atoms with Gasteiger partial charge in [-0.1, -0.05) is 0 Å². The Morgan fingerprint density at radius 1 is 0.771 bits per heavy atom. The minimum Gasteiger partial charge on any atom is -0.497 e. The predicted octanol–water partition coefficient (Wildman–Crippen LogP) is 1.06. The van der Waals surface area contributed by atoms with Crippen LogP contribution in [0.25, 0.3) is 0 Å². The molecular formula is C23H29N3O8S. The van der Waals surface area contributed by atoms with Crippen molar-refractivity contribution < 1.29 is 37.0 Å². The van der Waals surface area contributed by atoms with Gasteiger partial charge in [-0.2, -0.15) is 12.7 Å². The van der Waals surface area contributed by atoms with Crippen molar-refractivity contribution in [3.05, 3.63) is 48.5 Å². The van der Waals surface area contributed by atoms with Crippen molar-refractivity contribution in [3.8, 4) is 23.0 Å². The number of methoxy groups -OCH3 is 2. The van der Waals surface area contributed by atoms with Crippen molar-refractivity contribution in [1.82, 2.24) is 13.9 Å². The predicted molar refractivity (Wildman–Crippen MR) is 127 cm³/mol. The topological polar surface area (TPSA) is 124 Å². The van der Waals surface area contributed by atoms with Gasteiger partial charge < -0.3 is 23.8 Å². The number of carbonyl (C=O) groups excluding carboxylic acids is 2. The number of carbonyl (C=O) groups is 2. The Hall–Kier alpha value is -3.51. The monoisotopic (exact) mass is 507 g/mol. The Morgan fingerprint density at radius 2 is 1.29 bits per heavy atom. The average molecular weight is 508 g/mol. The van der Waals surface area contributed by atoms with Crippen LogP contribution in [0, 0.1) is 0 Å². The molecule has 0 spiro atoms. The Balaban J connectivity index is 1.45. The summed E-state index contributed by atoms with van der Waals surface area (Å²) in [5.74, 6) is 1.18. The molecule has 2 amide bonds. The molecule has 0 bridgehead atoms. The van der Waals surface area contributed by atoms with Gasteiger partial charge in [0.15, 0.2) is 13.2 Å². The highest BCUT2D eigenvalue weighted by molar-refractivity contribution is 7.87. The number of rotatable bonds is 10. The summed E-state index contributed by atoms with van der Waals surface area (Å²) in [5.41, 5.74) is 0. The summed E-state index contributed by atoms with van der Waals surface area (Å²) in [4.78, 5) is 26.3. The Labute approximate surface area is 204 Å². The van der Waals surface area contributed by atoms with Gasteiger partial charge >= 0.3 is 10.2 Å². The molecule has 1 aliphatic heterocycles. The Morgan fingerprint density at radius 3 is 1.83 bits per heavy atom. The van der Waals surface area contributed by atoms with Crippen LogP contribution in [0.1, 0.15) is 6.42 Å². The fourth-order valence-corrected chi connectivity index (χ4v) is 4.52. The second-order valence-corrected chi connectivity index (χ2v) is 9.26. The molecule has 0 radical (unpaired) electrons. The second kappa shape index (κ2) is 12.3. The molecule has 0 saturated carbocycles. The van der Waals surface area contributed by atoms with Gasteiger partial charge in [-0.15, -0.1) is 0 Å². The highest BCUT2D eigenvalue weighted by Crippen LogP contribution is 2.18. The molecule has 190 valence electrons. The van der Waals surface area contributed by atoms with Gasteiger partial charge in [0.2, 0.25) is 0 Å². The molecule has 2 aromatic carbocycles. The maximum absolute atomic E-state index is 12.7. The minimum absolute atomic E-state index is 0.0518. The van der Waals surface area contributed by atoms with E-state index in [1.54, 1.807) is 60.5 Å². The zero-order valence-electron chi connectivity index (χ0n) is 19.6. The van der Waals surface area contributed by atoms with Crippen LogP contribution in [-0.2, 0) is 19.8 Å². The lowest BCUT2D eigenvalue weighted by Crippen LogP contribution is -2.46. The maximum atomic E-state index is 12.7. The molecule has 2 aromatic rings. The second-order valence-electron chi connectivity index (χ2n) is 7.59. The molecule has 0 aromatic heterocycles. The molecule has 0 atom stereocenters. The molecule has 1 saturated heterocycles. The molecule has 11 nitrogen and oxygen atoms in total. The first-order valence-electron chi connectivity index (χ1n) is 10.9. The number of amides is 2. The Kier molecular flexibility index (Phi) is 9.15. The highest BCUT2D eigenvalue weighted by Gasteiger charge is 2.28. The van der Waals surface area contributed by atoms with Gasteiger partial charge in [0.1, 0.15) is 23.0 Å². The lowest BCUT2D eigenvalue weighted by atomic mass is 10.3. The number of nitrogens with zero attached hydrogens (tertiary/aromatic N) is 2. The SMILES string of the molecule is COc1ccc(OCC(=O)NS(=O)(=O)N2CCCN(C(=O)COc3ccc(OC)cc3)CC2)cc1. The number of benzene rings is 2. The van der Waals surface area contributed by atoms with E-state index in [4.69, 9.17) is 18.9 Å². The zero-order chi connectivity index (χ0) is 25.3. The zero-order valence-corrected chi connectivity index (χ0v) is 20.5. The summed E-state index contributed by atoms with van der Waals surface area (Å²) in [6.07, 6.45) is 0.422. The van der Waals surface area contributed by atoms with E-state index in [2.05, 4.69) is 0 Å². The average Bonchev–Trinajstić information content (AvgIpc) is 3.14. The summed E-state index contributed by atoms with van der Waals surface area (Å²) in [5, 5.41) is 0. The van der Waals surface area contributed by atoms with Crippen LogP contribution < -0.4 is 23.7 Å². The van der Waals surface area contributed by atoms with E-state index < -0.39 is 22.7 Å². The van der Waals surface area contributed by atoms with Crippen LogP contribution in [0.4, 0.5) is 0 Å². The van der Waals surface area contributed by atoms with Crippen LogP contribution in [-0.4, -0.2) is 83.0 Å². The summed E-state index contributed by atoms with van der Waals surface area (Å²) in [6.45, 7) is 0.153. The standard InChI is InChI=1S/C23H29N3O8S/c1-31-18-4-8-20(9-5-18)33-16-22(27)24-35(29,30)26-13-3-12-25(14-15-26)23(28)17-34-21-10-6-19(32-2)7-11-21/h4-11H,3,12-17H2,1-2H3,(H,24,27). The molecule has 1 aliphatic rings. The van der Waals surface area contributed by atoms with Gasteiger partial charge in [-0.3, -0.25) is 9.59 Å². The summed E-state index contributed by atoms with van der Waals surface area (Å²) < 4.78 is 49.5.